The Kier molecular flexibility index (Phi) is 5.51. The summed E-state index contributed by atoms with van der Waals surface area (Å²) in [5.41, 5.74) is 4.26. The van der Waals surface area contributed by atoms with Crippen molar-refractivity contribution in [2.75, 3.05) is 4.90 Å². The number of benzene rings is 3. The van der Waals surface area contributed by atoms with E-state index in [1.165, 1.54) is 11.1 Å². The first kappa shape index (κ1) is 21.7. The van der Waals surface area contributed by atoms with E-state index < -0.39 is 17.8 Å². The highest BCUT2D eigenvalue weighted by Gasteiger charge is 2.37. The standard InChI is InChI=1S/C27H20ClN3O3/c1-17-6-2-3-7-18(17)15-30-16-19(22-8-4-5-9-24(22)30)14-23-25(32)29-27(34)31(26(23)33)21-12-10-20(28)11-13-21/h2-14,16H,15H2,1H3,(H,29,32,34)/b23-14-. The van der Waals surface area contributed by atoms with E-state index in [0.717, 1.165) is 15.8 Å². The zero-order chi connectivity index (χ0) is 23.8. The van der Waals surface area contributed by atoms with E-state index in [0.29, 0.717) is 22.8 Å². The minimum atomic E-state index is -0.795. The molecule has 6 nitrogen and oxygen atoms in total. The molecule has 0 unspecified atom stereocenters. The van der Waals surface area contributed by atoms with Crippen molar-refractivity contribution in [3.8, 4) is 0 Å². The fourth-order valence-electron chi connectivity index (χ4n) is 4.13. The van der Waals surface area contributed by atoms with Crippen LogP contribution >= 0.6 is 11.6 Å². The van der Waals surface area contributed by atoms with Crippen LogP contribution in [0.15, 0.2) is 84.6 Å². The van der Waals surface area contributed by atoms with Gasteiger partial charge in [-0.05, 0) is 54.5 Å². The Morgan fingerprint density at radius 1 is 0.912 bits per heavy atom. The van der Waals surface area contributed by atoms with Crippen LogP contribution in [0.2, 0.25) is 5.02 Å². The number of nitrogens with one attached hydrogen (secondary N) is 1. The van der Waals surface area contributed by atoms with Crippen LogP contribution in [0.3, 0.4) is 0 Å². The Bertz CT molecular complexity index is 1480. The van der Waals surface area contributed by atoms with Gasteiger partial charge in [0.2, 0.25) is 0 Å². The van der Waals surface area contributed by atoms with Gasteiger partial charge in [-0.1, -0.05) is 54.1 Å². The largest absolute Gasteiger partial charge is 0.342 e. The fourth-order valence-corrected chi connectivity index (χ4v) is 4.26. The topological polar surface area (TPSA) is 71.4 Å². The lowest BCUT2D eigenvalue weighted by Gasteiger charge is -2.26. The van der Waals surface area contributed by atoms with Crippen LogP contribution in [0, 0.1) is 6.92 Å². The maximum atomic E-state index is 13.3. The number of halogens is 1. The van der Waals surface area contributed by atoms with E-state index in [4.69, 9.17) is 11.6 Å². The third-order valence-electron chi connectivity index (χ3n) is 5.91. The maximum absolute atomic E-state index is 13.3. The van der Waals surface area contributed by atoms with E-state index in [1.807, 2.05) is 42.6 Å². The average Bonchev–Trinajstić information content (AvgIpc) is 3.16. The minimum Gasteiger partial charge on any atom is -0.342 e. The summed E-state index contributed by atoms with van der Waals surface area (Å²) in [6.07, 6.45) is 3.47. The van der Waals surface area contributed by atoms with Gasteiger partial charge >= 0.3 is 6.03 Å². The highest BCUT2D eigenvalue weighted by molar-refractivity contribution is 6.39. The van der Waals surface area contributed by atoms with Crippen molar-refractivity contribution in [3.05, 3.63) is 106 Å². The number of carbonyl (C=O) groups excluding carboxylic acids is 3. The average molecular weight is 470 g/mol. The van der Waals surface area contributed by atoms with Crippen molar-refractivity contribution < 1.29 is 14.4 Å². The van der Waals surface area contributed by atoms with E-state index in [2.05, 4.69) is 28.9 Å². The van der Waals surface area contributed by atoms with Gasteiger partial charge in [-0.25, -0.2) is 9.69 Å². The van der Waals surface area contributed by atoms with E-state index in [9.17, 15) is 14.4 Å². The third kappa shape index (κ3) is 3.89. The number of aryl methyl sites for hydroxylation is 1. The molecule has 168 valence electrons. The first-order valence-electron chi connectivity index (χ1n) is 10.7. The summed E-state index contributed by atoms with van der Waals surface area (Å²) in [6, 6.07) is 21.4. The van der Waals surface area contributed by atoms with Gasteiger partial charge in [0.15, 0.2) is 0 Å². The summed E-state index contributed by atoms with van der Waals surface area (Å²) < 4.78 is 2.09. The Hall–Kier alpha value is -4.16. The number of fused-ring (bicyclic) bond motifs is 1. The van der Waals surface area contributed by atoms with Crippen molar-refractivity contribution in [2.45, 2.75) is 13.5 Å². The molecule has 3 aromatic carbocycles. The molecule has 0 spiro atoms. The second-order valence-electron chi connectivity index (χ2n) is 8.09. The van der Waals surface area contributed by atoms with Crippen LogP contribution in [0.4, 0.5) is 10.5 Å². The molecule has 1 fully saturated rings. The van der Waals surface area contributed by atoms with Crippen LogP contribution in [-0.2, 0) is 16.1 Å². The number of urea groups is 1. The van der Waals surface area contributed by atoms with Gasteiger partial charge in [0.1, 0.15) is 5.57 Å². The molecule has 34 heavy (non-hydrogen) atoms. The monoisotopic (exact) mass is 469 g/mol. The first-order valence-corrected chi connectivity index (χ1v) is 11.1. The summed E-state index contributed by atoms with van der Waals surface area (Å²) in [4.78, 5) is 39.3. The number of amides is 4. The number of carbonyl (C=O) groups is 3. The van der Waals surface area contributed by atoms with E-state index in [-0.39, 0.29) is 5.57 Å². The molecule has 0 radical (unpaired) electrons. The number of hydrogen-bond donors (Lipinski definition) is 1. The summed E-state index contributed by atoms with van der Waals surface area (Å²) in [6.45, 7) is 2.71. The summed E-state index contributed by atoms with van der Waals surface area (Å²) in [5, 5.41) is 3.64. The zero-order valence-corrected chi connectivity index (χ0v) is 19.0. The lowest BCUT2D eigenvalue weighted by Crippen LogP contribution is -2.54. The number of para-hydroxylation sites is 1. The summed E-state index contributed by atoms with van der Waals surface area (Å²) >= 11 is 5.94. The fraction of sp³-hybridized carbons (Fsp3) is 0.0741. The number of hydrogen-bond acceptors (Lipinski definition) is 3. The Morgan fingerprint density at radius 3 is 2.38 bits per heavy atom. The molecule has 1 saturated heterocycles. The van der Waals surface area contributed by atoms with Gasteiger partial charge in [0.05, 0.1) is 5.69 Å². The predicted octanol–water partition coefficient (Wildman–Crippen LogP) is 5.32. The Morgan fingerprint density at radius 2 is 1.62 bits per heavy atom. The van der Waals surface area contributed by atoms with Crippen LogP contribution in [0.1, 0.15) is 16.7 Å². The SMILES string of the molecule is Cc1ccccc1Cn1cc(/C=C2/C(=O)NC(=O)N(c3ccc(Cl)cc3)C2=O)c2ccccc21. The number of barbiturate groups is 1. The highest BCUT2D eigenvalue weighted by Crippen LogP contribution is 2.28. The zero-order valence-electron chi connectivity index (χ0n) is 18.3. The smallest absolute Gasteiger partial charge is 0.335 e. The van der Waals surface area contributed by atoms with Gasteiger partial charge in [-0.15, -0.1) is 0 Å². The Labute approximate surface area is 201 Å². The molecular formula is C27H20ClN3O3. The van der Waals surface area contributed by atoms with E-state index >= 15 is 0 Å². The van der Waals surface area contributed by atoms with Gasteiger partial charge in [-0.2, -0.15) is 0 Å². The van der Waals surface area contributed by atoms with Gasteiger partial charge < -0.3 is 4.57 Å². The van der Waals surface area contributed by atoms with Crippen molar-refractivity contribution >= 4 is 52.1 Å². The maximum Gasteiger partial charge on any atom is 0.335 e. The van der Waals surface area contributed by atoms with Gasteiger partial charge in [0, 0.05) is 34.2 Å². The first-order chi connectivity index (χ1) is 16.4. The van der Waals surface area contributed by atoms with Crippen molar-refractivity contribution in [2.24, 2.45) is 0 Å². The van der Waals surface area contributed by atoms with Crippen LogP contribution in [0.5, 0.6) is 0 Å². The molecule has 1 aliphatic heterocycles. The summed E-state index contributed by atoms with van der Waals surface area (Å²) in [5.74, 6) is -1.41. The Balaban J connectivity index is 1.57. The molecule has 0 saturated carbocycles. The molecule has 0 bridgehead atoms. The molecule has 7 heteroatoms. The molecule has 5 rings (SSSR count). The van der Waals surface area contributed by atoms with Crippen molar-refractivity contribution in [1.29, 1.82) is 0 Å². The van der Waals surface area contributed by atoms with Gasteiger partial charge in [-0.3, -0.25) is 14.9 Å². The van der Waals surface area contributed by atoms with Crippen LogP contribution < -0.4 is 10.2 Å². The summed E-state index contributed by atoms with van der Waals surface area (Å²) in [7, 11) is 0. The molecule has 1 aromatic heterocycles. The normalized spacial score (nSPS) is 15.3. The van der Waals surface area contributed by atoms with Crippen LogP contribution in [0.25, 0.3) is 17.0 Å². The molecule has 1 aliphatic rings. The van der Waals surface area contributed by atoms with Crippen molar-refractivity contribution in [3.63, 3.8) is 0 Å². The molecule has 1 N–H and O–H groups in total. The third-order valence-corrected chi connectivity index (χ3v) is 6.16. The quantitative estimate of drug-likeness (QED) is 0.325. The number of anilines is 1. The number of rotatable bonds is 4. The minimum absolute atomic E-state index is 0.117. The number of nitrogens with zero attached hydrogens (tertiary/aromatic N) is 2. The van der Waals surface area contributed by atoms with Crippen LogP contribution in [-0.4, -0.2) is 22.4 Å². The lowest BCUT2D eigenvalue weighted by molar-refractivity contribution is -0.122. The molecule has 0 atom stereocenters. The van der Waals surface area contributed by atoms with Gasteiger partial charge in [0.25, 0.3) is 11.8 Å². The predicted molar refractivity (Wildman–Crippen MR) is 133 cm³/mol. The second-order valence-corrected chi connectivity index (χ2v) is 8.53. The molecule has 2 heterocycles. The molecule has 4 aromatic rings. The van der Waals surface area contributed by atoms with E-state index in [1.54, 1.807) is 30.3 Å². The molecular weight excluding hydrogens is 450 g/mol. The number of aromatic nitrogens is 1. The lowest BCUT2D eigenvalue weighted by atomic mass is 10.1. The highest BCUT2D eigenvalue weighted by atomic mass is 35.5. The molecule has 4 amide bonds. The molecule has 0 aliphatic carbocycles. The number of imide groups is 2. The second kappa shape index (κ2) is 8.65. The van der Waals surface area contributed by atoms with Crippen molar-refractivity contribution in [1.82, 2.24) is 9.88 Å².